The van der Waals surface area contributed by atoms with E-state index in [1.807, 2.05) is 4.90 Å². The fourth-order valence-electron chi connectivity index (χ4n) is 2.74. The van der Waals surface area contributed by atoms with E-state index in [2.05, 4.69) is 12.2 Å². The fourth-order valence-corrected chi connectivity index (χ4v) is 2.74. The summed E-state index contributed by atoms with van der Waals surface area (Å²) in [5.74, 6) is 0.148. The Bertz CT molecular complexity index is 319. The Labute approximate surface area is 102 Å². The van der Waals surface area contributed by atoms with E-state index in [-0.39, 0.29) is 17.9 Å². The fraction of sp³-hybridized carbons (Fsp3) is 0.833. The van der Waals surface area contributed by atoms with E-state index in [0.717, 1.165) is 39.0 Å². The number of hydrogen-bond donors (Lipinski definition) is 1. The molecule has 0 aromatic heterocycles. The van der Waals surface area contributed by atoms with Gasteiger partial charge in [0, 0.05) is 39.1 Å². The smallest absolute Gasteiger partial charge is 0.245 e. The van der Waals surface area contributed by atoms with Gasteiger partial charge < -0.3 is 15.1 Å². The Morgan fingerprint density at radius 2 is 2.06 bits per heavy atom. The summed E-state index contributed by atoms with van der Waals surface area (Å²) in [6.07, 6.45) is 1.76. The molecule has 0 spiro atoms. The minimum atomic E-state index is -0.210. The molecule has 96 valence electrons. The Morgan fingerprint density at radius 1 is 1.29 bits per heavy atom. The summed E-state index contributed by atoms with van der Waals surface area (Å²) in [5, 5.41) is 3.32. The number of amides is 2. The van der Waals surface area contributed by atoms with Gasteiger partial charge in [0.05, 0.1) is 0 Å². The molecule has 5 nitrogen and oxygen atoms in total. The minimum absolute atomic E-state index is 0.0176. The molecule has 2 amide bonds. The molecule has 2 heterocycles. The number of piperazine rings is 1. The largest absolute Gasteiger partial charge is 0.338 e. The molecule has 2 saturated heterocycles. The van der Waals surface area contributed by atoms with Crippen molar-refractivity contribution < 1.29 is 9.59 Å². The van der Waals surface area contributed by atoms with Crippen molar-refractivity contribution >= 4 is 11.8 Å². The highest BCUT2D eigenvalue weighted by Gasteiger charge is 2.35. The second-order valence-electron chi connectivity index (χ2n) is 5.01. The standard InChI is InChI=1S/C12H21N3O2/c1-9-8-14(7-5-13-9)12(17)11-4-3-6-15(11)10(2)16/h9,11,13H,3-8H2,1-2H3/t9-,11-/m0/s1. The van der Waals surface area contributed by atoms with Crippen LogP contribution in [0.4, 0.5) is 0 Å². The summed E-state index contributed by atoms with van der Waals surface area (Å²) in [6, 6.07) is 0.137. The number of nitrogens with zero attached hydrogens (tertiary/aromatic N) is 2. The molecule has 1 N–H and O–H groups in total. The summed E-state index contributed by atoms with van der Waals surface area (Å²) in [7, 11) is 0. The second-order valence-corrected chi connectivity index (χ2v) is 5.01. The van der Waals surface area contributed by atoms with Gasteiger partial charge in [0.25, 0.3) is 0 Å². The van der Waals surface area contributed by atoms with E-state index in [9.17, 15) is 9.59 Å². The van der Waals surface area contributed by atoms with Crippen molar-refractivity contribution in [3.8, 4) is 0 Å². The molecule has 2 aliphatic rings. The van der Waals surface area contributed by atoms with E-state index in [4.69, 9.17) is 0 Å². The van der Waals surface area contributed by atoms with Crippen molar-refractivity contribution in [2.24, 2.45) is 0 Å². The van der Waals surface area contributed by atoms with Crippen molar-refractivity contribution in [1.82, 2.24) is 15.1 Å². The van der Waals surface area contributed by atoms with Crippen LogP contribution in [-0.2, 0) is 9.59 Å². The molecule has 17 heavy (non-hydrogen) atoms. The van der Waals surface area contributed by atoms with Gasteiger partial charge in [-0.25, -0.2) is 0 Å². The summed E-state index contributed by atoms with van der Waals surface area (Å²) in [6.45, 7) is 6.71. The Hall–Kier alpha value is -1.10. The van der Waals surface area contributed by atoms with Crippen LogP contribution in [0.5, 0.6) is 0 Å². The maximum Gasteiger partial charge on any atom is 0.245 e. The monoisotopic (exact) mass is 239 g/mol. The van der Waals surface area contributed by atoms with Crippen LogP contribution in [0, 0.1) is 0 Å². The molecule has 2 rings (SSSR count). The Kier molecular flexibility index (Phi) is 3.66. The highest BCUT2D eigenvalue weighted by molar-refractivity contribution is 5.87. The molecule has 0 aliphatic carbocycles. The summed E-state index contributed by atoms with van der Waals surface area (Å²) < 4.78 is 0. The van der Waals surface area contributed by atoms with Crippen LogP contribution in [0.2, 0.25) is 0 Å². The molecule has 0 bridgehead atoms. The lowest BCUT2D eigenvalue weighted by molar-refractivity contribution is -0.143. The predicted octanol–water partition coefficient (Wildman–Crippen LogP) is -0.182. The van der Waals surface area contributed by atoms with Gasteiger partial charge in [-0.1, -0.05) is 0 Å². The van der Waals surface area contributed by atoms with Crippen molar-refractivity contribution in [3.05, 3.63) is 0 Å². The zero-order chi connectivity index (χ0) is 12.4. The van der Waals surface area contributed by atoms with E-state index in [0.29, 0.717) is 6.04 Å². The lowest BCUT2D eigenvalue weighted by Gasteiger charge is -2.35. The highest BCUT2D eigenvalue weighted by Crippen LogP contribution is 2.20. The van der Waals surface area contributed by atoms with Crippen LogP contribution in [0.25, 0.3) is 0 Å². The van der Waals surface area contributed by atoms with Crippen LogP contribution in [0.3, 0.4) is 0 Å². The first-order valence-corrected chi connectivity index (χ1v) is 6.39. The summed E-state index contributed by atoms with van der Waals surface area (Å²) in [4.78, 5) is 27.4. The molecular formula is C12H21N3O2. The second kappa shape index (κ2) is 5.04. The molecule has 0 unspecified atom stereocenters. The summed E-state index contributed by atoms with van der Waals surface area (Å²) in [5.41, 5.74) is 0. The van der Waals surface area contributed by atoms with Gasteiger partial charge in [-0.15, -0.1) is 0 Å². The number of rotatable bonds is 1. The van der Waals surface area contributed by atoms with Crippen molar-refractivity contribution in [1.29, 1.82) is 0 Å². The zero-order valence-corrected chi connectivity index (χ0v) is 10.6. The predicted molar refractivity (Wildman–Crippen MR) is 64.5 cm³/mol. The van der Waals surface area contributed by atoms with Crippen molar-refractivity contribution in [2.75, 3.05) is 26.2 Å². The first kappa shape index (κ1) is 12.4. The number of carbonyl (C=O) groups is 2. The van der Waals surface area contributed by atoms with Crippen molar-refractivity contribution in [2.45, 2.75) is 38.8 Å². The molecular weight excluding hydrogens is 218 g/mol. The normalized spacial score (nSPS) is 29.5. The Morgan fingerprint density at radius 3 is 2.71 bits per heavy atom. The molecule has 0 radical (unpaired) electrons. The first-order chi connectivity index (χ1) is 8.09. The van der Waals surface area contributed by atoms with Gasteiger partial charge in [0.15, 0.2) is 0 Å². The van der Waals surface area contributed by atoms with Gasteiger partial charge >= 0.3 is 0 Å². The van der Waals surface area contributed by atoms with E-state index < -0.39 is 0 Å². The average Bonchev–Trinajstić information content (AvgIpc) is 2.77. The molecule has 2 fully saturated rings. The van der Waals surface area contributed by atoms with Gasteiger partial charge in [-0.2, -0.15) is 0 Å². The van der Waals surface area contributed by atoms with Crippen molar-refractivity contribution in [3.63, 3.8) is 0 Å². The quantitative estimate of drug-likeness (QED) is 0.690. The van der Waals surface area contributed by atoms with Gasteiger partial charge in [0.1, 0.15) is 6.04 Å². The van der Waals surface area contributed by atoms with Gasteiger partial charge in [0.2, 0.25) is 11.8 Å². The van der Waals surface area contributed by atoms with E-state index in [1.165, 1.54) is 0 Å². The van der Waals surface area contributed by atoms with Crippen LogP contribution < -0.4 is 5.32 Å². The lowest BCUT2D eigenvalue weighted by Crippen LogP contribution is -2.56. The number of likely N-dealkylation sites (tertiary alicyclic amines) is 1. The third kappa shape index (κ3) is 2.60. The van der Waals surface area contributed by atoms with Crippen LogP contribution >= 0.6 is 0 Å². The van der Waals surface area contributed by atoms with Crippen LogP contribution in [0.1, 0.15) is 26.7 Å². The number of nitrogens with one attached hydrogen (secondary N) is 1. The molecule has 0 saturated carbocycles. The topological polar surface area (TPSA) is 52.7 Å². The number of hydrogen-bond acceptors (Lipinski definition) is 3. The molecule has 2 atom stereocenters. The third-order valence-electron chi connectivity index (χ3n) is 3.62. The highest BCUT2D eigenvalue weighted by atomic mass is 16.2. The molecule has 0 aromatic carbocycles. The molecule has 5 heteroatoms. The zero-order valence-electron chi connectivity index (χ0n) is 10.6. The lowest BCUT2D eigenvalue weighted by atomic mass is 10.1. The van der Waals surface area contributed by atoms with Crippen LogP contribution in [0.15, 0.2) is 0 Å². The van der Waals surface area contributed by atoms with E-state index >= 15 is 0 Å². The Balaban J connectivity index is 2.01. The first-order valence-electron chi connectivity index (χ1n) is 6.39. The van der Waals surface area contributed by atoms with Gasteiger partial charge in [-0.3, -0.25) is 9.59 Å². The summed E-state index contributed by atoms with van der Waals surface area (Å²) >= 11 is 0. The number of carbonyl (C=O) groups excluding carboxylic acids is 2. The van der Waals surface area contributed by atoms with E-state index in [1.54, 1.807) is 11.8 Å². The van der Waals surface area contributed by atoms with Gasteiger partial charge in [-0.05, 0) is 19.8 Å². The minimum Gasteiger partial charge on any atom is -0.338 e. The third-order valence-corrected chi connectivity index (χ3v) is 3.62. The van der Waals surface area contributed by atoms with Crippen LogP contribution in [-0.4, -0.2) is 59.9 Å². The average molecular weight is 239 g/mol. The molecule has 0 aromatic rings. The maximum atomic E-state index is 12.4. The molecule has 2 aliphatic heterocycles. The SMILES string of the molecule is CC(=O)N1CCC[C@H]1C(=O)N1CCN[C@@H](C)C1. The maximum absolute atomic E-state index is 12.4.